The van der Waals surface area contributed by atoms with Crippen molar-refractivity contribution in [3.05, 3.63) is 34.4 Å². The van der Waals surface area contributed by atoms with Crippen LogP contribution in [0.1, 0.15) is 23.2 Å². The van der Waals surface area contributed by atoms with Crippen LogP contribution in [0.3, 0.4) is 0 Å². The average Bonchev–Trinajstić information content (AvgIpc) is 2.97. The maximum absolute atomic E-state index is 12.3. The summed E-state index contributed by atoms with van der Waals surface area (Å²) in [6.07, 6.45) is 3.33. The van der Waals surface area contributed by atoms with Gasteiger partial charge in [-0.15, -0.1) is 0 Å². The average molecular weight is 294 g/mol. The first-order valence-electron chi connectivity index (χ1n) is 5.68. The molecule has 3 nitrogen and oxygen atoms in total. The highest BCUT2D eigenvalue weighted by atomic mass is 79.9. The molecule has 3 rings (SSSR count). The van der Waals surface area contributed by atoms with E-state index in [2.05, 4.69) is 20.9 Å². The summed E-state index contributed by atoms with van der Waals surface area (Å²) >= 11 is 3.43. The Kier molecular flexibility index (Phi) is 2.76. The number of carbonyl (C=O) groups is 1. The molecule has 0 aliphatic carbocycles. The second-order valence-corrected chi connectivity index (χ2v) is 5.17. The van der Waals surface area contributed by atoms with Gasteiger partial charge in [0.2, 0.25) is 0 Å². The molecule has 1 atom stereocenters. The zero-order valence-corrected chi connectivity index (χ0v) is 10.8. The zero-order chi connectivity index (χ0) is 11.8. The van der Waals surface area contributed by atoms with Gasteiger partial charge in [0.05, 0.1) is 0 Å². The number of fused-ring (bicyclic) bond motifs is 1. The Morgan fingerprint density at radius 3 is 3.12 bits per heavy atom. The first kappa shape index (κ1) is 11.0. The number of ketones is 1. The van der Waals surface area contributed by atoms with Crippen molar-refractivity contribution in [3.63, 3.8) is 0 Å². The number of Topliss-reactive ketones (excluding diaryl/α,β-unsaturated/α-hetero) is 1. The van der Waals surface area contributed by atoms with Crippen LogP contribution < -0.4 is 0 Å². The van der Waals surface area contributed by atoms with Gasteiger partial charge >= 0.3 is 0 Å². The van der Waals surface area contributed by atoms with E-state index in [9.17, 15) is 4.79 Å². The Morgan fingerprint density at radius 2 is 2.35 bits per heavy atom. The molecule has 88 valence electrons. The van der Waals surface area contributed by atoms with E-state index in [4.69, 9.17) is 4.74 Å². The number of rotatable bonds is 2. The van der Waals surface area contributed by atoms with Crippen LogP contribution in [0.2, 0.25) is 0 Å². The Balaban J connectivity index is 2.04. The van der Waals surface area contributed by atoms with Gasteiger partial charge in [0.25, 0.3) is 0 Å². The highest BCUT2D eigenvalue weighted by Gasteiger charge is 2.26. The Hall–Kier alpha value is -1.13. The number of carbonyl (C=O) groups excluding carboxylic acids is 1. The summed E-state index contributed by atoms with van der Waals surface area (Å²) in [4.78, 5) is 15.4. The van der Waals surface area contributed by atoms with E-state index in [1.165, 1.54) is 0 Å². The number of aromatic nitrogens is 1. The minimum absolute atomic E-state index is 0.0897. The van der Waals surface area contributed by atoms with Crippen molar-refractivity contribution in [1.29, 1.82) is 0 Å². The molecule has 0 radical (unpaired) electrons. The van der Waals surface area contributed by atoms with E-state index in [0.717, 1.165) is 33.8 Å². The van der Waals surface area contributed by atoms with Gasteiger partial charge in [-0.25, -0.2) is 0 Å². The van der Waals surface area contributed by atoms with Crippen molar-refractivity contribution in [2.75, 3.05) is 6.61 Å². The highest BCUT2D eigenvalue weighted by Crippen LogP contribution is 2.26. The SMILES string of the molecule is O=C(c1c[nH]c2ccc(Br)cc12)C1CCCO1. The molecule has 1 aromatic carbocycles. The molecule has 1 saturated heterocycles. The van der Waals surface area contributed by atoms with Crippen molar-refractivity contribution in [2.24, 2.45) is 0 Å². The van der Waals surface area contributed by atoms with Crippen molar-refractivity contribution in [3.8, 4) is 0 Å². The third-order valence-corrected chi connectivity index (χ3v) is 3.62. The molecule has 1 unspecified atom stereocenters. The number of halogens is 1. The van der Waals surface area contributed by atoms with E-state index >= 15 is 0 Å². The summed E-state index contributed by atoms with van der Waals surface area (Å²) in [6.45, 7) is 0.697. The van der Waals surface area contributed by atoms with Crippen LogP contribution in [0.4, 0.5) is 0 Å². The number of H-pyrrole nitrogens is 1. The second kappa shape index (κ2) is 4.27. The van der Waals surface area contributed by atoms with Crippen LogP contribution in [-0.2, 0) is 4.74 Å². The standard InChI is InChI=1S/C13H12BrNO2/c14-8-3-4-11-9(6-8)10(7-15-11)13(16)12-2-1-5-17-12/h3-4,6-7,12,15H,1-2,5H2. The fourth-order valence-corrected chi connectivity index (χ4v) is 2.62. The van der Waals surface area contributed by atoms with Gasteiger partial charge in [0, 0.05) is 33.7 Å². The summed E-state index contributed by atoms with van der Waals surface area (Å²) in [5.74, 6) is 0.0897. The normalized spacial score (nSPS) is 19.9. The van der Waals surface area contributed by atoms with Crippen molar-refractivity contribution in [1.82, 2.24) is 4.98 Å². The summed E-state index contributed by atoms with van der Waals surface area (Å²) in [5, 5.41) is 0.958. The van der Waals surface area contributed by atoms with E-state index < -0.39 is 0 Å². The lowest BCUT2D eigenvalue weighted by Crippen LogP contribution is -2.18. The van der Waals surface area contributed by atoms with Crippen molar-refractivity contribution < 1.29 is 9.53 Å². The molecule has 1 N–H and O–H groups in total. The van der Waals surface area contributed by atoms with Crippen LogP contribution in [0, 0.1) is 0 Å². The number of hydrogen-bond donors (Lipinski definition) is 1. The number of nitrogens with one attached hydrogen (secondary N) is 1. The third-order valence-electron chi connectivity index (χ3n) is 3.13. The quantitative estimate of drug-likeness (QED) is 0.864. The van der Waals surface area contributed by atoms with Crippen LogP contribution in [0.5, 0.6) is 0 Å². The van der Waals surface area contributed by atoms with E-state index in [0.29, 0.717) is 6.61 Å². The van der Waals surface area contributed by atoms with Crippen LogP contribution in [0.25, 0.3) is 10.9 Å². The number of aromatic amines is 1. The molecular weight excluding hydrogens is 282 g/mol. The largest absolute Gasteiger partial charge is 0.370 e. The Labute approximate surface area is 107 Å². The zero-order valence-electron chi connectivity index (χ0n) is 9.20. The van der Waals surface area contributed by atoms with E-state index in [1.807, 2.05) is 18.2 Å². The van der Waals surface area contributed by atoms with Crippen LogP contribution >= 0.6 is 15.9 Å². The molecule has 0 amide bonds. The molecule has 2 aromatic rings. The highest BCUT2D eigenvalue weighted by molar-refractivity contribution is 9.10. The van der Waals surface area contributed by atoms with E-state index in [1.54, 1.807) is 6.20 Å². The van der Waals surface area contributed by atoms with Gasteiger partial charge in [0.15, 0.2) is 5.78 Å². The second-order valence-electron chi connectivity index (χ2n) is 4.26. The lowest BCUT2D eigenvalue weighted by molar-refractivity contribution is 0.0644. The fraction of sp³-hybridized carbons (Fsp3) is 0.308. The molecular formula is C13H12BrNO2. The fourth-order valence-electron chi connectivity index (χ4n) is 2.25. The van der Waals surface area contributed by atoms with Gasteiger partial charge in [-0.3, -0.25) is 4.79 Å². The molecule has 1 aliphatic rings. The predicted molar refractivity (Wildman–Crippen MR) is 69.3 cm³/mol. The first-order valence-corrected chi connectivity index (χ1v) is 6.47. The molecule has 1 aliphatic heterocycles. The monoisotopic (exact) mass is 293 g/mol. The maximum Gasteiger partial charge on any atom is 0.193 e. The third kappa shape index (κ3) is 1.91. The Morgan fingerprint density at radius 1 is 1.47 bits per heavy atom. The molecule has 1 aromatic heterocycles. The summed E-state index contributed by atoms with van der Waals surface area (Å²) in [7, 11) is 0. The molecule has 0 saturated carbocycles. The smallest absolute Gasteiger partial charge is 0.193 e. The predicted octanol–water partition coefficient (Wildman–Crippen LogP) is 3.29. The summed E-state index contributed by atoms with van der Waals surface area (Å²) in [6, 6.07) is 5.89. The van der Waals surface area contributed by atoms with Gasteiger partial charge in [0.1, 0.15) is 6.10 Å². The van der Waals surface area contributed by atoms with Gasteiger partial charge in [-0.2, -0.15) is 0 Å². The maximum atomic E-state index is 12.3. The summed E-state index contributed by atoms with van der Waals surface area (Å²) in [5.41, 5.74) is 1.71. The molecule has 4 heteroatoms. The number of hydrogen-bond acceptors (Lipinski definition) is 2. The molecule has 0 spiro atoms. The number of benzene rings is 1. The van der Waals surface area contributed by atoms with Crippen molar-refractivity contribution >= 4 is 32.6 Å². The molecule has 17 heavy (non-hydrogen) atoms. The minimum Gasteiger partial charge on any atom is -0.370 e. The van der Waals surface area contributed by atoms with Gasteiger partial charge < -0.3 is 9.72 Å². The minimum atomic E-state index is -0.256. The summed E-state index contributed by atoms with van der Waals surface area (Å²) < 4.78 is 6.42. The topological polar surface area (TPSA) is 42.1 Å². The lowest BCUT2D eigenvalue weighted by Gasteiger charge is -2.06. The van der Waals surface area contributed by atoms with E-state index in [-0.39, 0.29) is 11.9 Å². The van der Waals surface area contributed by atoms with Gasteiger partial charge in [-0.1, -0.05) is 15.9 Å². The first-order chi connectivity index (χ1) is 8.25. The Bertz CT molecular complexity index is 570. The molecule has 1 fully saturated rings. The van der Waals surface area contributed by atoms with Crippen LogP contribution in [-0.4, -0.2) is 23.5 Å². The van der Waals surface area contributed by atoms with Crippen molar-refractivity contribution in [2.45, 2.75) is 18.9 Å². The van der Waals surface area contributed by atoms with Gasteiger partial charge in [-0.05, 0) is 31.0 Å². The molecule has 0 bridgehead atoms. The molecule has 2 heterocycles. The number of ether oxygens (including phenoxy) is 1. The van der Waals surface area contributed by atoms with Crippen LogP contribution in [0.15, 0.2) is 28.9 Å². The lowest BCUT2D eigenvalue weighted by atomic mass is 10.0.